The van der Waals surface area contributed by atoms with Gasteiger partial charge in [-0.3, -0.25) is 0 Å². The van der Waals surface area contributed by atoms with E-state index >= 15 is 0 Å². The molecular formula is C17H22FN. The minimum absolute atomic E-state index is 0.310. The van der Waals surface area contributed by atoms with E-state index in [1.165, 1.54) is 6.07 Å². The maximum Gasteiger partial charge on any atom is 0.139 e. The number of fused-ring (bicyclic) bond motifs is 1. The molecule has 0 saturated carbocycles. The van der Waals surface area contributed by atoms with Crippen molar-refractivity contribution in [1.82, 2.24) is 0 Å². The molecule has 0 aromatic heterocycles. The van der Waals surface area contributed by atoms with E-state index in [2.05, 4.69) is 5.92 Å². The Morgan fingerprint density at radius 2 is 1.68 bits per heavy atom. The number of hydrogen-bond acceptors (Lipinski definition) is 1. The number of benzene rings is 2. The van der Waals surface area contributed by atoms with Crippen LogP contribution >= 0.6 is 0 Å². The molecule has 102 valence electrons. The normalized spacial score (nSPS) is 8.68. The highest BCUT2D eigenvalue weighted by Crippen LogP contribution is 2.26. The molecule has 2 aromatic carbocycles. The zero-order chi connectivity index (χ0) is 15.0. The summed E-state index contributed by atoms with van der Waals surface area (Å²) in [7, 11) is 0. The smallest absolute Gasteiger partial charge is 0.139 e. The molecule has 2 aromatic rings. The van der Waals surface area contributed by atoms with Gasteiger partial charge in [-0.25, -0.2) is 4.39 Å². The number of aryl methyl sites for hydroxylation is 1. The molecule has 0 heterocycles. The highest BCUT2D eigenvalue weighted by molar-refractivity contribution is 5.93. The van der Waals surface area contributed by atoms with E-state index in [0.29, 0.717) is 11.3 Å². The van der Waals surface area contributed by atoms with E-state index in [1.807, 2.05) is 34.6 Å². The highest BCUT2D eigenvalue weighted by atomic mass is 19.1. The Morgan fingerprint density at radius 3 is 2.21 bits per heavy atom. The van der Waals surface area contributed by atoms with Gasteiger partial charge in [0.2, 0.25) is 0 Å². The van der Waals surface area contributed by atoms with Crippen molar-refractivity contribution in [3.05, 3.63) is 41.2 Å². The van der Waals surface area contributed by atoms with Crippen LogP contribution in [0.25, 0.3) is 10.8 Å². The van der Waals surface area contributed by atoms with Crippen molar-refractivity contribution in [2.24, 2.45) is 0 Å². The number of nitrogens with two attached hydrogens (primary N) is 1. The average Bonchev–Trinajstić information content (AvgIpc) is 2.43. The van der Waals surface area contributed by atoms with Gasteiger partial charge in [-0.05, 0) is 36.1 Å². The molecule has 0 aliphatic carbocycles. The molecule has 0 atom stereocenters. The van der Waals surface area contributed by atoms with Crippen LogP contribution in [-0.2, 0) is 0 Å². The van der Waals surface area contributed by atoms with Gasteiger partial charge in [-0.2, -0.15) is 0 Å². The Labute approximate surface area is 115 Å². The van der Waals surface area contributed by atoms with E-state index in [9.17, 15) is 4.39 Å². The first-order chi connectivity index (χ1) is 9.13. The van der Waals surface area contributed by atoms with Gasteiger partial charge in [0.1, 0.15) is 5.82 Å². The molecular weight excluding hydrogens is 237 g/mol. The molecule has 0 bridgehead atoms. The average molecular weight is 259 g/mol. The zero-order valence-electron chi connectivity index (χ0n) is 12.3. The summed E-state index contributed by atoms with van der Waals surface area (Å²) in [6, 6.07) is 6.65. The third kappa shape index (κ3) is 3.72. The first-order valence-corrected chi connectivity index (χ1v) is 6.58. The van der Waals surface area contributed by atoms with Gasteiger partial charge in [0, 0.05) is 11.1 Å². The zero-order valence-corrected chi connectivity index (χ0v) is 12.3. The quantitative estimate of drug-likeness (QED) is 0.528. The van der Waals surface area contributed by atoms with Crippen LogP contribution in [0.1, 0.15) is 38.8 Å². The summed E-state index contributed by atoms with van der Waals surface area (Å²) in [4.78, 5) is 0. The topological polar surface area (TPSA) is 26.0 Å². The second kappa shape index (κ2) is 8.16. The van der Waals surface area contributed by atoms with Crippen LogP contribution in [0.3, 0.4) is 0 Å². The lowest BCUT2D eigenvalue weighted by molar-refractivity contribution is 0.626. The molecule has 0 radical (unpaired) electrons. The predicted molar refractivity (Wildman–Crippen MR) is 83.7 cm³/mol. The van der Waals surface area contributed by atoms with Gasteiger partial charge in [-0.15, -0.1) is 6.42 Å². The molecule has 0 fully saturated rings. The Hall–Kier alpha value is -2.01. The summed E-state index contributed by atoms with van der Waals surface area (Å²) in [5.74, 6) is 2.02. The Bertz CT molecular complexity index is 580. The van der Waals surface area contributed by atoms with Gasteiger partial charge >= 0.3 is 0 Å². The van der Waals surface area contributed by atoms with Gasteiger partial charge in [-0.1, -0.05) is 39.7 Å². The van der Waals surface area contributed by atoms with Gasteiger partial charge in [0.25, 0.3) is 0 Å². The van der Waals surface area contributed by atoms with Crippen LogP contribution < -0.4 is 5.73 Å². The van der Waals surface area contributed by atoms with E-state index in [-0.39, 0.29) is 5.82 Å². The van der Waals surface area contributed by atoms with Crippen molar-refractivity contribution in [3.8, 4) is 12.3 Å². The number of halogens is 1. The van der Waals surface area contributed by atoms with E-state index in [0.717, 1.165) is 16.3 Å². The summed E-state index contributed by atoms with van der Waals surface area (Å²) in [5, 5.41) is 1.65. The summed E-state index contributed by atoms with van der Waals surface area (Å²) in [6.07, 6.45) is 5.30. The van der Waals surface area contributed by atoms with Crippen molar-refractivity contribution in [1.29, 1.82) is 0 Å². The fourth-order valence-corrected chi connectivity index (χ4v) is 1.82. The predicted octanol–water partition coefficient (Wildman–Crippen LogP) is 4.90. The van der Waals surface area contributed by atoms with Crippen LogP contribution in [0.2, 0.25) is 0 Å². The monoisotopic (exact) mass is 259 g/mol. The summed E-state index contributed by atoms with van der Waals surface area (Å²) in [6.45, 7) is 9.87. The van der Waals surface area contributed by atoms with Gasteiger partial charge in [0.15, 0.2) is 0 Å². The number of hydrogen-bond donors (Lipinski definition) is 1. The molecule has 0 aliphatic heterocycles. The van der Waals surface area contributed by atoms with E-state index in [4.69, 9.17) is 12.2 Å². The molecule has 1 nitrogen and oxygen atoms in total. The molecule has 0 aliphatic rings. The minimum Gasteiger partial charge on any atom is -0.399 e. The molecule has 0 saturated heterocycles. The lowest BCUT2D eigenvalue weighted by atomic mass is 9.99. The largest absolute Gasteiger partial charge is 0.399 e. The molecule has 2 heteroatoms. The number of terminal acetylenes is 1. The minimum atomic E-state index is -0.363. The van der Waals surface area contributed by atoms with Crippen LogP contribution in [-0.4, -0.2) is 0 Å². The molecule has 0 amide bonds. The van der Waals surface area contributed by atoms with Gasteiger partial charge in [0.05, 0.1) is 5.56 Å². The molecule has 19 heavy (non-hydrogen) atoms. The second-order valence-corrected chi connectivity index (χ2v) is 3.50. The number of nitrogen functional groups attached to an aromatic ring is 1. The molecule has 2 rings (SSSR count). The van der Waals surface area contributed by atoms with E-state index in [1.54, 1.807) is 18.2 Å². The Kier molecular flexibility index (Phi) is 7.29. The number of anilines is 1. The van der Waals surface area contributed by atoms with Crippen molar-refractivity contribution in [2.75, 3.05) is 5.73 Å². The summed E-state index contributed by atoms with van der Waals surface area (Å²) in [5.41, 5.74) is 7.58. The summed E-state index contributed by atoms with van der Waals surface area (Å²) < 4.78 is 13.4. The van der Waals surface area contributed by atoms with Crippen molar-refractivity contribution in [2.45, 2.75) is 34.6 Å². The third-order valence-electron chi connectivity index (χ3n) is 2.43. The third-order valence-corrected chi connectivity index (χ3v) is 2.43. The summed E-state index contributed by atoms with van der Waals surface area (Å²) >= 11 is 0. The fraction of sp³-hybridized carbons (Fsp3) is 0.294. The second-order valence-electron chi connectivity index (χ2n) is 3.50. The van der Waals surface area contributed by atoms with Crippen LogP contribution in [0.4, 0.5) is 10.1 Å². The standard InChI is InChI=1S/C13H10FN.2C2H6/c1-3-11-12(14)5-4-9-7-10(15)6-8(2)13(9)11;2*1-2/h1,4-7H,15H2,2H3;2*1-2H3. The van der Waals surface area contributed by atoms with Crippen LogP contribution in [0.15, 0.2) is 24.3 Å². The molecule has 0 unspecified atom stereocenters. The Morgan fingerprint density at radius 1 is 1.11 bits per heavy atom. The highest BCUT2D eigenvalue weighted by Gasteiger charge is 2.08. The Balaban J connectivity index is 0.000000741. The SMILES string of the molecule is C#Cc1c(F)ccc2cc(N)cc(C)c12.CC.CC. The van der Waals surface area contributed by atoms with Crippen LogP contribution in [0.5, 0.6) is 0 Å². The van der Waals surface area contributed by atoms with E-state index < -0.39 is 0 Å². The first-order valence-electron chi connectivity index (χ1n) is 6.58. The van der Waals surface area contributed by atoms with Gasteiger partial charge < -0.3 is 5.73 Å². The first kappa shape index (κ1) is 17.0. The number of rotatable bonds is 0. The van der Waals surface area contributed by atoms with Crippen LogP contribution in [0, 0.1) is 25.1 Å². The molecule has 2 N–H and O–H groups in total. The lowest BCUT2D eigenvalue weighted by Gasteiger charge is -2.07. The van der Waals surface area contributed by atoms with Crippen molar-refractivity contribution < 1.29 is 4.39 Å². The molecule has 0 spiro atoms. The lowest BCUT2D eigenvalue weighted by Crippen LogP contribution is -1.92. The van der Waals surface area contributed by atoms with Crippen molar-refractivity contribution >= 4 is 16.5 Å². The van der Waals surface area contributed by atoms with Crippen molar-refractivity contribution in [3.63, 3.8) is 0 Å². The maximum absolute atomic E-state index is 13.4. The fourth-order valence-electron chi connectivity index (χ4n) is 1.82. The maximum atomic E-state index is 13.4.